The first kappa shape index (κ1) is 22.5. The average Bonchev–Trinajstić information content (AvgIpc) is 2.70. The van der Waals surface area contributed by atoms with Gasteiger partial charge in [-0.3, -0.25) is 14.9 Å². The van der Waals surface area contributed by atoms with Crippen molar-refractivity contribution in [1.82, 2.24) is 0 Å². The van der Waals surface area contributed by atoms with E-state index in [0.717, 1.165) is 6.07 Å². The van der Waals surface area contributed by atoms with Crippen molar-refractivity contribution in [3.8, 4) is 11.5 Å². The summed E-state index contributed by atoms with van der Waals surface area (Å²) in [5.74, 6) is -1.30. The van der Waals surface area contributed by atoms with E-state index in [0.29, 0.717) is 23.6 Å². The molecule has 0 aliphatic rings. The molecule has 12 heteroatoms. The molecule has 160 valence electrons. The molecule has 2 rings (SSSR count). The van der Waals surface area contributed by atoms with E-state index in [1.165, 1.54) is 32.4 Å². The molecule has 0 bridgehead atoms. The van der Waals surface area contributed by atoms with Crippen molar-refractivity contribution in [2.45, 2.75) is 6.18 Å². The number of nitrogens with one attached hydrogen (secondary N) is 1. The van der Waals surface area contributed by atoms with Crippen LogP contribution < -0.4 is 14.8 Å². The molecule has 1 amide bonds. The summed E-state index contributed by atoms with van der Waals surface area (Å²) in [4.78, 5) is 34.1. The number of benzene rings is 2. The van der Waals surface area contributed by atoms with Crippen LogP contribution in [0.4, 0.5) is 24.5 Å². The third kappa shape index (κ3) is 5.59. The highest BCUT2D eigenvalue weighted by molar-refractivity contribution is 5.97. The number of rotatable bonds is 7. The van der Waals surface area contributed by atoms with Gasteiger partial charge in [-0.1, -0.05) is 0 Å². The monoisotopic (exact) mass is 428 g/mol. The lowest BCUT2D eigenvalue weighted by Gasteiger charge is -2.11. The summed E-state index contributed by atoms with van der Waals surface area (Å²) < 4.78 is 53.0. The van der Waals surface area contributed by atoms with E-state index in [9.17, 15) is 32.9 Å². The summed E-state index contributed by atoms with van der Waals surface area (Å²) >= 11 is 0. The van der Waals surface area contributed by atoms with E-state index in [1.54, 1.807) is 0 Å². The fourth-order valence-electron chi connectivity index (χ4n) is 2.29. The molecule has 30 heavy (non-hydrogen) atoms. The number of nitro groups is 1. The Hall–Kier alpha value is -3.83. The highest BCUT2D eigenvalue weighted by Gasteiger charge is 2.33. The first-order chi connectivity index (χ1) is 14.0. The maximum atomic E-state index is 12.7. The number of nitrogens with zero attached hydrogens (tertiary/aromatic N) is 1. The molecule has 9 nitrogen and oxygen atoms in total. The number of nitro benzene ring substituents is 1. The van der Waals surface area contributed by atoms with Crippen molar-refractivity contribution in [2.75, 3.05) is 26.1 Å². The third-order valence-corrected chi connectivity index (χ3v) is 3.72. The number of alkyl halides is 3. The lowest BCUT2D eigenvalue weighted by molar-refractivity contribution is -0.384. The lowest BCUT2D eigenvalue weighted by Crippen LogP contribution is -2.21. The van der Waals surface area contributed by atoms with Gasteiger partial charge in [-0.05, 0) is 24.3 Å². The standard InChI is InChI=1S/C18H15F3N2O7/c1-28-12-5-10(6-13(8-12)29-2)17(25)30-9-16(24)22-14-4-3-11(18(19,20)21)7-15(14)23(26)27/h3-8H,9H2,1-2H3,(H,22,24). The van der Waals surface area contributed by atoms with Crippen molar-refractivity contribution < 1.29 is 41.9 Å². The number of methoxy groups -OCH3 is 2. The number of hydrogen-bond donors (Lipinski definition) is 1. The fraction of sp³-hybridized carbons (Fsp3) is 0.222. The van der Waals surface area contributed by atoms with Crippen molar-refractivity contribution in [3.05, 3.63) is 57.6 Å². The van der Waals surface area contributed by atoms with Gasteiger partial charge in [0.25, 0.3) is 11.6 Å². The Morgan fingerprint density at radius 1 is 1.07 bits per heavy atom. The van der Waals surface area contributed by atoms with Crippen LogP contribution in [0.25, 0.3) is 0 Å². The minimum atomic E-state index is -4.79. The first-order valence-corrected chi connectivity index (χ1v) is 8.11. The van der Waals surface area contributed by atoms with Gasteiger partial charge in [0.15, 0.2) is 6.61 Å². The summed E-state index contributed by atoms with van der Waals surface area (Å²) in [6.45, 7) is -0.837. The summed E-state index contributed by atoms with van der Waals surface area (Å²) in [6, 6.07) is 5.80. The van der Waals surface area contributed by atoms with Crippen LogP contribution in [0.5, 0.6) is 11.5 Å². The SMILES string of the molecule is COc1cc(OC)cc(C(=O)OCC(=O)Nc2ccc(C(F)(F)F)cc2[N+](=O)[O-])c1. The Morgan fingerprint density at radius 2 is 1.67 bits per heavy atom. The van der Waals surface area contributed by atoms with E-state index < -0.39 is 46.5 Å². The second-order valence-electron chi connectivity index (χ2n) is 5.71. The molecule has 0 radical (unpaired) electrons. The topological polar surface area (TPSA) is 117 Å². The smallest absolute Gasteiger partial charge is 0.416 e. The molecule has 1 N–H and O–H groups in total. The van der Waals surface area contributed by atoms with Gasteiger partial charge in [-0.25, -0.2) is 4.79 Å². The highest BCUT2D eigenvalue weighted by atomic mass is 19.4. The molecular formula is C18H15F3N2O7. The molecule has 2 aromatic carbocycles. The predicted octanol–water partition coefficient (Wildman–Crippen LogP) is 3.43. The third-order valence-electron chi connectivity index (χ3n) is 3.72. The van der Waals surface area contributed by atoms with Gasteiger partial charge >= 0.3 is 12.1 Å². The molecule has 0 atom stereocenters. The van der Waals surface area contributed by atoms with Gasteiger partial charge < -0.3 is 19.5 Å². The van der Waals surface area contributed by atoms with Gasteiger partial charge in [-0.2, -0.15) is 13.2 Å². The first-order valence-electron chi connectivity index (χ1n) is 8.11. The van der Waals surface area contributed by atoms with E-state index in [4.69, 9.17) is 14.2 Å². The van der Waals surface area contributed by atoms with E-state index >= 15 is 0 Å². The molecule has 0 aliphatic carbocycles. The second kappa shape index (κ2) is 9.11. The fourth-order valence-corrected chi connectivity index (χ4v) is 2.29. The molecule has 0 heterocycles. The van der Waals surface area contributed by atoms with Gasteiger partial charge in [0.05, 0.1) is 30.3 Å². The van der Waals surface area contributed by atoms with E-state index in [2.05, 4.69) is 0 Å². The summed E-state index contributed by atoms with van der Waals surface area (Å²) in [7, 11) is 2.74. The van der Waals surface area contributed by atoms with Gasteiger partial charge in [-0.15, -0.1) is 0 Å². The quantitative estimate of drug-likeness (QED) is 0.408. The summed E-state index contributed by atoms with van der Waals surface area (Å²) in [5, 5.41) is 13.1. The van der Waals surface area contributed by atoms with Crippen LogP contribution in [0.3, 0.4) is 0 Å². The van der Waals surface area contributed by atoms with Crippen molar-refractivity contribution in [3.63, 3.8) is 0 Å². The van der Waals surface area contributed by atoms with E-state index in [-0.39, 0.29) is 5.56 Å². The van der Waals surface area contributed by atoms with Gasteiger partial charge in [0.2, 0.25) is 0 Å². The maximum absolute atomic E-state index is 12.7. The number of anilines is 1. The number of amides is 1. The minimum Gasteiger partial charge on any atom is -0.497 e. The second-order valence-corrected chi connectivity index (χ2v) is 5.71. The Balaban J connectivity index is 2.09. The van der Waals surface area contributed by atoms with Crippen molar-refractivity contribution in [1.29, 1.82) is 0 Å². The molecule has 2 aromatic rings. The molecule has 0 saturated heterocycles. The summed E-state index contributed by atoms with van der Waals surface area (Å²) in [5.41, 5.74) is -2.66. The molecule has 0 spiro atoms. The number of halogens is 3. The van der Waals surface area contributed by atoms with Crippen LogP contribution in [0, 0.1) is 10.1 Å². The van der Waals surface area contributed by atoms with Crippen LogP contribution in [-0.4, -0.2) is 37.6 Å². The zero-order valence-corrected chi connectivity index (χ0v) is 15.6. The highest BCUT2D eigenvalue weighted by Crippen LogP contribution is 2.35. The van der Waals surface area contributed by atoms with E-state index in [1.807, 2.05) is 5.32 Å². The molecule has 0 fully saturated rings. The Bertz CT molecular complexity index is 954. The summed E-state index contributed by atoms with van der Waals surface area (Å²) in [6.07, 6.45) is -4.79. The van der Waals surface area contributed by atoms with Crippen LogP contribution in [0.15, 0.2) is 36.4 Å². The Morgan fingerprint density at radius 3 is 2.17 bits per heavy atom. The lowest BCUT2D eigenvalue weighted by atomic mass is 10.1. The molecule has 0 saturated carbocycles. The van der Waals surface area contributed by atoms with Crippen LogP contribution in [0.2, 0.25) is 0 Å². The number of esters is 1. The van der Waals surface area contributed by atoms with Crippen LogP contribution >= 0.6 is 0 Å². The Labute approximate surface area is 167 Å². The van der Waals surface area contributed by atoms with Crippen LogP contribution in [-0.2, 0) is 15.7 Å². The molecule has 0 unspecified atom stereocenters. The number of carbonyl (C=O) groups excluding carboxylic acids is 2. The maximum Gasteiger partial charge on any atom is 0.416 e. The van der Waals surface area contributed by atoms with Gasteiger partial charge in [0, 0.05) is 12.1 Å². The zero-order valence-electron chi connectivity index (χ0n) is 15.6. The minimum absolute atomic E-state index is 0.0134. The predicted molar refractivity (Wildman–Crippen MR) is 96.6 cm³/mol. The number of carbonyl (C=O) groups is 2. The number of ether oxygens (including phenoxy) is 3. The van der Waals surface area contributed by atoms with Crippen molar-refractivity contribution >= 4 is 23.3 Å². The van der Waals surface area contributed by atoms with Crippen LogP contribution in [0.1, 0.15) is 15.9 Å². The Kier molecular flexibility index (Phi) is 6.82. The zero-order chi connectivity index (χ0) is 22.5. The van der Waals surface area contributed by atoms with Crippen molar-refractivity contribution in [2.24, 2.45) is 0 Å². The average molecular weight is 428 g/mol. The molecule has 0 aliphatic heterocycles. The molecule has 0 aromatic heterocycles. The number of hydrogen-bond acceptors (Lipinski definition) is 7. The van der Waals surface area contributed by atoms with Gasteiger partial charge in [0.1, 0.15) is 17.2 Å². The largest absolute Gasteiger partial charge is 0.497 e. The normalized spacial score (nSPS) is 10.8. The molecular weight excluding hydrogens is 413 g/mol.